The molecular formula is C43H34N3O5P3. The van der Waals surface area contributed by atoms with Gasteiger partial charge in [0.05, 0.1) is 0 Å². The van der Waals surface area contributed by atoms with Crippen LogP contribution in [0.5, 0.6) is 17.2 Å². The van der Waals surface area contributed by atoms with Crippen LogP contribution in [0.2, 0.25) is 0 Å². The maximum atomic E-state index is 16.0. The molecule has 0 N–H and O–H groups in total. The average Bonchev–Trinajstić information content (AvgIpc) is 3.83. The zero-order chi connectivity index (χ0) is 36.5. The van der Waals surface area contributed by atoms with Crippen molar-refractivity contribution in [2.24, 2.45) is 0 Å². The Labute approximate surface area is 314 Å². The molecule has 7 aromatic carbocycles. The normalized spacial score (nSPS) is 20.9. The molecule has 8 nitrogen and oxygen atoms in total. The molecule has 0 saturated heterocycles. The summed E-state index contributed by atoms with van der Waals surface area (Å²) >= 11 is 0. The van der Waals surface area contributed by atoms with E-state index < -0.39 is 22.7 Å². The first-order valence-electron chi connectivity index (χ1n) is 17.7. The quantitative estimate of drug-likeness (QED) is 0.155. The Morgan fingerprint density at radius 2 is 0.833 bits per heavy atom. The molecule has 266 valence electrons. The Hall–Kier alpha value is -5.77. The average molecular weight is 766 g/mol. The minimum absolute atomic E-state index is 0.374. The van der Waals surface area contributed by atoms with Gasteiger partial charge >= 0.3 is 315 Å². The molecule has 3 aliphatic heterocycles. The second-order valence-electron chi connectivity index (χ2n) is 13.4. The van der Waals surface area contributed by atoms with Crippen molar-refractivity contribution in [2.45, 2.75) is 0 Å². The molecule has 0 radical (unpaired) electrons. The standard InChI is InChI=1S/C43H34N3O5P3/c1-52(44(32-17-5-2-6-18-32)38-23-11-14-26-41(38)49-52)35-29-36(53(47)45(33-19-7-3-8-20-33)39-24-12-15-27-42(39)50-53)31-37(30-35)54(48)46(34-21-9-4-10-22-34)40-25-13-16-28-43(40)51-54/h2-31,52H,1H3. The van der Waals surface area contributed by atoms with Gasteiger partial charge in [-0.1, -0.05) is 0 Å². The van der Waals surface area contributed by atoms with Crippen molar-refractivity contribution in [3.05, 3.63) is 182 Å². The van der Waals surface area contributed by atoms with Crippen LogP contribution in [0.4, 0.5) is 34.1 Å². The number of para-hydroxylation sites is 9. The van der Waals surface area contributed by atoms with E-state index >= 15 is 9.13 Å². The van der Waals surface area contributed by atoms with Crippen molar-refractivity contribution >= 4 is 72.7 Å². The first-order chi connectivity index (χ1) is 26.4. The van der Waals surface area contributed by atoms with Gasteiger partial charge in [-0.15, -0.1) is 0 Å². The minimum atomic E-state index is -3.97. The van der Waals surface area contributed by atoms with Crippen molar-refractivity contribution in [3.63, 3.8) is 0 Å². The molecule has 3 aliphatic rings. The van der Waals surface area contributed by atoms with Gasteiger partial charge in [-0.2, -0.15) is 0 Å². The Morgan fingerprint density at radius 1 is 0.444 bits per heavy atom. The number of anilines is 6. The predicted octanol–water partition coefficient (Wildman–Crippen LogP) is 10.9. The van der Waals surface area contributed by atoms with Gasteiger partial charge in [-0.3, -0.25) is 0 Å². The van der Waals surface area contributed by atoms with E-state index in [1.54, 1.807) is 15.4 Å². The molecule has 2 atom stereocenters. The van der Waals surface area contributed by atoms with Gasteiger partial charge in [0, 0.05) is 0 Å². The summed E-state index contributed by atoms with van der Waals surface area (Å²) in [5, 5.41) is 1.50. The fraction of sp³-hybridized carbons (Fsp3) is 0.0233. The predicted molar refractivity (Wildman–Crippen MR) is 222 cm³/mol. The van der Waals surface area contributed by atoms with E-state index in [2.05, 4.69) is 29.5 Å². The van der Waals surface area contributed by atoms with Crippen LogP contribution in [-0.2, 0) is 9.13 Å². The third-order valence-electron chi connectivity index (χ3n) is 10.1. The molecular weight excluding hydrogens is 731 g/mol. The molecule has 2 unspecified atom stereocenters. The summed E-state index contributed by atoms with van der Waals surface area (Å²) in [5.74, 6) is 1.74. The molecule has 0 saturated carbocycles. The van der Waals surface area contributed by atoms with Gasteiger partial charge in [-0.05, 0) is 0 Å². The van der Waals surface area contributed by atoms with Crippen molar-refractivity contribution in [3.8, 4) is 17.2 Å². The van der Waals surface area contributed by atoms with Gasteiger partial charge in [0.25, 0.3) is 0 Å². The molecule has 7 aromatic rings. The summed E-state index contributed by atoms with van der Waals surface area (Å²) in [6, 6.07) is 57.9. The maximum absolute atomic E-state index is 16.0. The van der Waals surface area contributed by atoms with Crippen LogP contribution in [0.1, 0.15) is 0 Å². The van der Waals surface area contributed by atoms with E-state index in [0.29, 0.717) is 44.9 Å². The Kier molecular flexibility index (Phi) is 7.54. The first kappa shape index (κ1) is 32.8. The van der Waals surface area contributed by atoms with E-state index in [4.69, 9.17) is 13.6 Å². The summed E-state index contributed by atoms with van der Waals surface area (Å²) in [7, 11) is -11.2. The molecule has 0 aliphatic carbocycles. The van der Waals surface area contributed by atoms with E-state index in [1.807, 2.05) is 158 Å². The van der Waals surface area contributed by atoms with E-state index in [0.717, 1.165) is 22.4 Å². The van der Waals surface area contributed by atoms with E-state index in [9.17, 15) is 0 Å². The number of hydrogen-bond acceptors (Lipinski definition) is 6. The second-order valence-corrected chi connectivity index (χ2v) is 20.9. The monoisotopic (exact) mass is 765 g/mol. The number of fused-ring (bicyclic) bond motifs is 3. The molecule has 0 bridgehead atoms. The van der Waals surface area contributed by atoms with Crippen LogP contribution in [0.3, 0.4) is 0 Å². The van der Waals surface area contributed by atoms with Crippen molar-refractivity contribution in [1.82, 2.24) is 0 Å². The van der Waals surface area contributed by atoms with Gasteiger partial charge in [0.15, 0.2) is 0 Å². The molecule has 0 amide bonds. The molecule has 54 heavy (non-hydrogen) atoms. The summed E-state index contributed by atoms with van der Waals surface area (Å²) < 4.78 is 58.1. The zero-order valence-corrected chi connectivity index (χ0v) is 31.9. The Bertz CT molecular complexity index is 2540. The third kappa shape index (κ3) is 4.95. The molecule has 3 heterocycles. The van der Waals surface area contributed by atoms with E-state index in [-0.39, 0.29) is 0 Å². The van der Waals surface area contributed by atoms with Crippen LogP contribution in [0.25, 0.3) is 0 Å². The zero-order valence-electron chi connectivity index (χ0n) is 29.1. The second kappa shape index (κ2) is 12.4. The number of rotatable bonds is 6. The summed E-state index contributed by atoms with van der Waals surface area (Å²) in [5.41, 5.74) is 4.65. The van der Waals surface area contributed by atoms with Gasteiger partial charge in [0.1, 0.15) is 0 Å². The summed E-state index contributed by atoms with van der Waals surface area (Å²) in [4.78, 5) is 0. The van der Waals surface area contributed by atoms with E-state index in [1.165, 1.54) is 0 Å². The third-order valence-corrected chi connectivity index (χ3v) is 18.1. The topological polar surface area (TPSA) is 71.5 Å². The van der Waals surface area contributed by atoms with Crippen molar-refractivity contribution in [2.75, 3.05) is 20.7 Å². The molecule has 10 rings (SSSR count). The van der Waals surface area contributed by atoms with Gasteiger partial charge in [-0.25, -0.2) is 0 Å². The van der Waals surface area contributed by atoms with Gasteiger partial charge in [0.2, 0.25) is 0 Å². The molecule has 0 aromatic heterocycles. The van der Waals surface area contributed by atoms with Crippen LogP contribution in [-0.4, -0.2) is 6.66 Å². The fourth-order valence-corrected chi connectivity index (χ4v) is 15.9. The number of nitrogens with zero attached hydrogens (tertiary/aromatic N) is 3. The Morgan fingerprint density at radius 3 is 1.31 bits per heavy atom. The molecule has 0 spiro atoms. The molecule has 11 heteroatoms. The van der Waals surface area contributed by atoms with Crippen LogP contribution in [0, 0.1) is 0 Å². The van der Waals surface area contributed by atoms with Crippen LogP contribution >= 0.6 is 22.7 Å². The van der Waals surface area contributed by atoms with Crippen molar-refractivity contribution in [1.29, 1.82) is 0 Å². The number of hydrogen-bond donors (Lipinski definition) is 0. The number of benzene rings is 7. The summed E-state index contributed by atoms with van der Waals surface area (Å²) in [6.07, 6.45) is 0. The first-order valence-corrected chi connectivity index (χ1v) is 23.2. The Balaban J connectivity index is 1.24. The van der Waals surface area contributed by atoms with Gasteiger partial charge < -0.3 is 0 Å². The summed E-state index contributed by atoms with van der Waals surface area (Å²) in [6.45, 7) is 2.12. The fourth-order valence-electron chi connectivity index (χ4n) is 7.67. The van der Waals surface area contributed by atoms with Crippen molar-refractivity contribution < 1.29 is 22.7 Å². The SMILES string of the molecule is C[PH]1(c2cc(P3(=O)Oc4ccccc4N3c3ccccc3)cc(P3(=O)Oc4ccccc4N3c3ccccc3)c2)Oc2ccccc2N1c1ccccc1. The van der Waals surface area contributed by atoms with Crippen LogP contribution < -0.4 is 43.5 Å². The molecule has 0 fully saturated rings. The van der Waals surface area contributed by atoms with Crippen LogP contribution in [0.15, 0.2) is 182 Å².